The summed E-state index contributed by atoms with van der Waals surface area (Å²) in [4.78, 5) is 9.25. The van der Waals surface area contributed by atoms with Crippen molar-refractivity contribution in [2.45, 2.75) is 4.90 Å². The van der Waals surface area contributed by atoms with Crippen molar-refractivity contribution in [2.24, 2.45) is 0 Å². The Morgan fingerprint density at radius 2 is 1.60 bits per heavy atom. The lowest BCUT2D eigenvalue weighted by Crippen LogP contribution is -2.16. The number of nitrogens with zero attached hydrogens (tertiary/aromatic N) is 2. The summed E-state index contributed by atoms with van der Waals surface area (Å²) < 4.78 is 34.2. The number of fused-ring (bicyclic) bond motifs is 1. The Morgan fingerprint density at radius 3 is 2.30 bits per heavy atom. The second-order valence-corrected chi connectivity index (χ2v) is 8.84. The first-order valence-electron chi connectivity index (χ1n) is 8.91. The molecule has 1 heterocycles. The van der Waals surface area contributed by atoms with Crippen molar-refractivity contribution in [1.29, 1.82) is 0 Å². The number of aromatic nitrogens is 2. The molecule has 0 bridgehead atoms. The third-order valence-electron chi connectivity index (χ3n) is 4.28. The molecule has 2 N–H and O–H groups in total. The monoisotopic (exact) mass is 484 g/mol. The van der Waals surface area contributed by atoms with Crippen LogP contribution in [0, 0.1) is 0 Å². The molecule has 1 aromatic heterocycles. The summed E-state index contributed by atoms with van der Waals surface area (Å²) in [6.45, 7) is 0. The number of methoxy groups -OCH3 is 1. The molecule has 0 aliphatic carbocycles. The van der Waals surface area contributed by atoms with Crippen LogP contribution >= 0.6 is 15.9 Å². The number of para-hydroxylation sites is 1. The van der Waals surface area contributed by atoms with Crippen LogP contribution in [-0.4, -0.2) is 25.5 Å². The van der Waals surface area contributed by atoms with Gasteiger partial charge in [-0.2, -0.15) is 0 Å². The van der Waals surface area contributed by atoms with E-state index < -0.39 is 10.0 Å². The van der Waals surface area contributed by atoms with Crippen LogP contribution in [0.1, 0.15) is 0 Å². The molecule has 0 aliphatic heterocycles. The quantitative estimate of drug-likeness (QED) is 0.402. The Morgan fingerprint density at radius 1 is 0.867 bits per heavy atom. The first-order chi connectivity index (χ1) is 14.5. The number of sulfonamides is 1. The molecule has 4 rings (SSSR count). The molecule has 0 aliphatic rings. The molecule has 152 valence electrons. The van der Waals surface area contributed by atoms with Crippen molar-refractivity contribution < 1.29 is 13.2 Å². The van der Waals surface area contributed by atoms with Crippen LogP contribution in [0.25, 0.3) is 11.0 Å². The summed E-state index contributed by atoms with van der Waals surface area (Å²) in [6, 6.07) is 20.7. The lowest BCUT2D eigenvalue weighted by atomic mass is 10.3. The average molecular weight is 485 g/mol. The van der Waals surface area contributed by atoms with Crippen molar-refractivity contribution >= 4 is 54.3 Å². The topological polar surface area (TPSA) is 93.2 Å². The Bertz CT molecular complexity index is 1300. The van der Waals surface area contributed by atoms with Crippen molar-refractivity contribution in [3.63, 3.8) is 0 Å². The summed E-state index contributed by atoms with van der Waals surface area (Å²) in [6.07, 6.45) is 0. The number of ether oxygens (including phenoxy) is 1. The fourth-order valence-corrected chi connectivity index (χ4v) is 4.27. The van der Waals surface area contributed by atoms with Gasteiger partial charge in [-0.25, -0.2) is 18.4 Å². The minimum Gasteiger partial charge on any atom is -0.497 e. The first kappa shape index (κ1) is 20.1. The molecular formula is C21H17BrN4O3S. The third kappa shape index (κ3) is 4.22. The Balaban J connectivity index is 1.79. The number of rotatable bonds is 6. The second kappa shape index (κ2) is 8.29. The van der Waals surface area contributed by atoms with E-state index in [0.29, 0.717) is 22.5 Å². The van der Waals surface area contributed by atoms with E-state index in [1.165, 1.54) is 12.1 Å². The molecule has 0 spiro atoms. The van der Waals surface area contributed by atoms with E-state index in [-0.39, 0.29) is 16.5 Å². The van der Waals surface area contributed by atoms with Gasteiger partial charge >= 0.3 is 0 Å². The largest absolute Gasteiger partial charge is 0.497 e. The Labute approximate surface area is 182 Å². The molecule has 3 aromatic carbocycles. The molecule has 0 fully saturated rings. The molecule has 0 atom stereocenters. The van der Waals surface area contributed by atoms with E-state index in [0.717, 1.165) is 4.47 Å². The van der Waals surface area contributed by atoms with Crippen LogP contribution < -0.4 is 14.8 Å². The standard InChI is InChI=1S/C21H17BrN4O3S/c1-29-15-12-10-14(11-13-15)23-20-21(24-18-9-5-8-17(22)19(18)25-20)26-30(27,28)16-6-3-2-4-7-16/h2-13H,1H3,(H,23,25)(H,24,26). The number of hydrogen-bond acceptors (Lipinski definition) is 6. The number of benzene rings is 3. The van der Waals surface area contributed by atoms with Crippen molar-refractivity contribution in [1.82, 2.24) is 9.97 Å². The summed E-state index contributed by atoms with van der Waals surface area (Å²) in [5.74, 6) is 1.08. The second-order valence-electron chi connectivity index (χ2n) is 6.30. The fourth-order valence-electron chi connectivity index (χ4n) is 2.80. The Kier molecular flexibility index (Phi) is 5.56. The highest BCUT2D eigenvalue weighted by atomic mass is 79.9. The van der Waals surface area contributed by atoms with Gasteiger partial charge in [-0.05, 0) is 64.5 Å². The number of halogens is 1. The molecule has 0 radical (unpaired) electrons. The van der Waals surface area contributed by atoms with Gasteiger partial charge in [0.2, 0.25) is 0 Å². The van der Waals surface area contributed by atoms with Crippen molar-refractivity contribution in [3.05, 3.63) is 77.3 Å². The van der Waals surface area contributed by atoms with E-state index in [9.17, 15) is 8.42 Å². The van der Waals surface area contributed by atoms with Crippen LogP contribution in [0.3, 0.4) is 0 Å². The highest BCUT2D eigenvalue weighted by Gasteiger charge is 2.19. The summed E-state index contributed by atoms with van der Waals surface area (Å²) >= 11 is 3.47. The Hall–Kier alpha value is -3.17. The molecule has 0 amide bonds. The molecule has 30 heavy (non-hydrogen) atoms. The van der Waals surface area contributed by atoms with Gasteiger partial charge in [0.15, 0.2) is 11.6 Å². The zero-order valence-electron chi connectivity index (χ0n) is 15.8. The maximum absolute atomic E-state index is 12.9. The number of hydrogen-bond donors (Lipinski definition) is 2. The molecule has 9 heteroatoms. The van der Waals surface area contributed by atoms with Crippen LogP contribution in [0.2, 0.25) is 0 Å². The minimum absolute atomic E-state index is 0.0975. The zero-order chi connectivity index (χ0) is 21.1. The predicted molar refractivity (Wildman–Crippen MR) is 121 cm³/mol. The summed E-state index contributed by atoms with van der Waals surface area (Å²) in [5, 5.41) is 3.14. The third-order valence-corrected chi connectivity index (χ3v) is 6.28. The summed E-state index contributed by atoms with van der Waals surface area (Å²) in [7, 11) is -2.25. The van der Waals surface area contributed by atoms with Crippen LogP contribution in [0.15, 0.2) is 82.2 Å². The molecule has 4 aromatic rings. The van der Waals surface area contributed by atoms with Gasteiger partial charge in [0.05, 0.1) is 17.5 Å². The summed E-state index contributed by atoms with van der Waals surface area (Å²) in [5.41, 5.74) is 1.86. The predicted octanol–water partition coefficient (Wildman–Crippen LogP) is 4.95. The lowest BCUT2D eigenvalue weighted by molar-refractivity contribution is 0.415. The van der Waals surface area contributed by atoms with Crippen LogP contribution in [0.5, 0.6) is 5.75 Å². The van der Waals surface area contributed by atoms with Gasteiger partial charge in [0.25, 0.3) is 10.0 Å². The average Bonchev–Trinajstić information content (AvgIpc) is 2.76. The van der Waals surface area contributed by atoms with E-state index >= 15 is 0 Å². The van der Waals surface area contributed by atoms with Crippen LogP contribution in [0.4, 0.5) is 17.3 Å². The van der Waals surface area contributed by atoms with E-state index in [2.05, 4.69) is 35.9 Å². The maximum Gasteiger partial charge on any atom is 0.263 e. The normalized spacial score (nSPS) is 11.3. The van der Waals surface area contributed by atoms with E-state index in [1.54, 1.807) is 55.6 Å². The highest BCUT2D eigenvalue weighted by molar-refractivity contribution is 9.10. The van der Waals surface area contributed by atoms with Crippen LogP contribution in [-0.2, 0) is 10.0 Å². The fraction of sp³-hybridized carbons (Fsp3) is 0.0476. The molecule has 0 unspecified atom stereocenters. The molecular weight excluding hydrogens is 468 g/mol. The van der Waals surface area contributed by atoms with Crippen molar-refractivity contribution in [2.75, 3.05) is 17.1 Å². The number of anilines is 3. The molecule has 0 saturated carbocycles. The van der Waals surface area contributed by atoms with Gasteiger partial charge < -0.3 is 10.1 Å². The van der Waals surface area contributed by atoms with Crippen molar-refractivity contribution in [3.8, 4) is 5.75 Å². The SMILES string of the molecule is COc1ccc(Nc2nc3c(Br)cccc3nc2NS(=O)(=O)c2ccccc2)cc1. The van der Waals surface area contributed by atoms with E-state index in [4.69, 9.17) is 4.74 Å². The molecule has 7 nitrogen and oxygen atoms in total. The number of nitrogens with one attached hydrogen (secondary N) is 2. The van der Waals surface area contributed by atoms with E-state index in [1.807, 2.05) is 12.1 Å². The lowest BCUT2D eigenvalue weighted by Gasteiger charge is -2.14. The zero-order valence-corrected chi connectivity index (χ0v) is 18.2. The maximum atomic E-state index is 12.9. The first-order valence-corrected chi connectivity index (χ1v) is 11.2. The van der Waals surface area contributed by atoms with Gasteiger partial charge in [-0.3, -0.25) is 4.72 Å². The highest BCUT2D eigenvalue weighted by Crippen LogP contribution is 2.30. The van der Waals surface area contributed by atoms with Gasteiger partial charge in [-0.1, -0.05) is 24.3 Å². The molecule has 0 saturated heterocycles. The smallest absolute Gasteiger partial charge is 0.263 e. The van der Waals surface area contributed by atoms with Gasteiger partial charge in [0, 0.05) is 10.2 Å². The van der Waals surface area contributed by atoms with Gasteiger partial charge in [-0.15, -0.1) is 0 Å². The minimum atomic E-state index is -3.84. The van der Waals surface area contributed by atoms with Gasteiger partial charge in [0.1, 0.15) is 11.3 Å².